The van der Waals surface area contributed by atoms with Crippen molar-refractivity contribution < 1.29 is 28.6 Å². The van der Waals surface area contributed by atoms with E-state index >= 15 is 0 Å². The van der Waals surface area contributed by atoms with E-state index in [-0.39, 0.29) is 23.8 Å². The molecule has 3 aromatic carbocycles. The van der Waals surface area contributed by atoms with Crippen LogP contribution < -0.4 is 25.0 Å². The summed E-state index contributed by atoms with van der Waals surface area (Å²) in [5.41, 5.74) is 4.16. The van der Waals surface area contributed by atoms with Crippen LogP contribution >= 0.6 is 11.6 Å². The summed E-state index contributed by atoms with van der Waals surface area (Å²) >= 11 is 6.19. The summed E-state index contributed by atoms with van der Waals surface area (Å²) < 4.78 is 16.2. The first-order chi connectivity index (χ1) is 20.5. The zero-order valence-corrected chi connectivity index (χ0v) is 22.8. The molecule has 0 fully saturated rings. The van der Waals surface area contributed by atoms with Gasteiger partial charge in [-0.25, -0.2) is 10.2 Å². The van der Waals surface area contributed by atoms with Crippen molar-refractivity contribution in [3.8, 4) is 17.2 Å². The molecule has 10 heteroatoms. The zero-order chi connectivity index (χ0) is 29.3. The second-order valence-corrected chi connectivity index (χ2v) is 9.36. The van der Waals surface area contributed by atoms with Gasteiger partial charge in [-0.3, -0.25) is 9.59 Å². The van der Waals surface area contributed by atoms with E-state index < -0.39 is 17.8 Å². The van der Waals surface area contributed by atoms with E-state index in [0.717, 1.165) is 0 Å². The van der Waals surface area contributed by atoms with Crippen molar-refractivity contribution >= 4 is 41.7 Å². The van der Waals surface area contributed by atoms with E-state index in [1.165, 1.54) is 12.3 Å². The molecular formula is C32H24ClN3O6. The van der Waals surface area contributed by atoms with Gasteiger partial charge in [0.2, 0.25) is 6.79 Å². The number of amides is 2. The normalized spacial score (nSPS) is 14.1. The molecule has 5 rings (SSSR count). The van der Waals surface area contributed by atoms with Crippen LogP contribution in [-0.2, 0) is 9.59 Å². The Hall–Kier alpha value is -5.41. The fraction of sp³-hybridized carbons (Fsp3) is 0.0625. The minimum Gasteiger partial charge on any atom is -0.454 e. The highest BCUT2D eigenvalue weighted by Crippen LogP contribution is 2.33. The Morgan fingerprint density at radius 1 is 0.929 bits per heavy atom. The number of benzene rings is 3. The fourth-order valence-corrected chi connectivity index (χ4v) is 4.16. The summed E-state index contributed by atoms with van der Waals surface area (Å²) in [5, 5.41) is 6.99. The summed E-state index contributed by atoms with van der Waals surface area (Å²) in [6.07, 6.45) is 10.4. The molecule has 1 heterocycles. The summed E-state index contributed by atoms with van der Waals surface area (Å²) in [4.78, 5) is 38.6. The van der Waals surface area contributed by atoms with Crippen molar-refractivity contribution in [1.82, 2.24) is 10.7 Å². The van der Waals surface area contributed by atoms with Gasteiger partial charge in [-0.2, -0.15) is 5.10 Å². The van der Waals surface area contributed by atoms with Crippen LogP contribution in [0, 0.1) is 0 Å². The maximum atomic E-state index is 13.1. The molecule has 0 atom stereocenters. The minimum atomic E-state index is -0.662. The van der Waals surface area contributed by atoms with Crippen LogP contribution in [0.3, 0.4) is 0 Å². The minimum absolute atomic E-state index is 0.0433. The van der Waals surface area contributed by atoms with Gasteiger partial charge in [0.15, 0.2) is 11.5 Å². The first-order valence-electron chi connectivity index (χ1n) is 12.8. The molecule has 1 aliphatic heterocycles. The van der Waals surface area contributed by atoms with Crippen molar-refractivity contribution in [3.05, 3.63) is 130 Å². The molecule has 2 aliphatic rings. The van der Waals surface area contributed by atoms with Gasteiger partial charge in [-0.15, -0.1) is 0 Å². The topological polar surface area (TPSA) is 115 Å². The highest BCUT2D eigenvalue weighted by molar-refractivity contribution is 6.35. The van der Waals surface area contributed by atoms with Gasteiger partial charge >= 0.3 is 5.97 Å². The van der Waals surface area contributed by atoms with Crippen LogP contribution in [0.25, 0.3) is 6.08 Å². The molecule has 3 aromatic rings. The number of fused-ring (bicyclic) bond motifs is 1. The molecule has 42 heavy (non-hydrogen) atoms. The number of esters is 1. The number of nitrogens with one attached hydrogen (secondary N) is 2. The van der Waals surface area contributed by atoms with Crippen LogP contribution in [0.5, 0.6) is 17.2 Å². The molecular weight excluding hydrogens is 558 g/mol. The van der Waals surface area contributed by atoms with Crippen molar-refractivity contribution in [3.63, 3.8) is 0 Å². The molecule has 0 radical (unpaired) electrons. The molecule has 1 aliphatic carbocycles. The van der Waals surface area contributed by atoms with Gasteiger partial charge in [0.25, 0.3) is 11.8 Å². The number of nitrogens with zero attached hydrogens (tertiary/aromatic N) is 1. The number of rotatable bonds is 8. The van der Waals surface area contributed by atoms with E-state index in [9.17, 15) is 14.4 Å². The Morgan fingerprint density at radius 3 is 2.62 bits per heavy atom. The number of allylic oxidation sites excluding steroid dienone is 4. The highest BCUT2D eigenvalue weighted by Gasteiger charge is 2.18. The van der Waals surface area contributed by atoms with Gasteiger partial charge in [-0.05, 0) is 66.1 Å². The molecule has 0 unspecified atom stereocenters. The average Bonchev–Trinajstić information content (AvgIpc) is 3.36. The van der Waals surface area contributed by atoms with E-state index in [1.54, 1.807) is 91.0 Å². The number of ether oxygens (including phenoxy) is 3. The molecule has 9 nitrogen and oxygen atoms in total. The van der Waals surface area contributed by atoms with Crippen LogP contribution in [0.2, 0.25) is 0 Å². The van der Waals surface area contributed by atoms with E-state index in [1.807, 2.05) is 6.08 Å². The standard InChI is InChI=1S/C32H24ClN3O6/c33-26-13-6-2-5-12-25(26)32(39)42-24-11-7-8-22(16-24)19-34-36-31(38)27(35-30(37)23-9-3-1-4-10-23)17-21-14-15-28-29(18-21)41-20-40-28/h1-5,7-19H,6,20H2,(H,35,37)(H,36,38)/b27-17+,34-19+. The lowest BCUT2D eigenvalue weighted by molar-refractivity contribution is -0.129. The van der Waals surface area contributed by atoms with Gasteiger partial charge in [0.05, 0.1) is 16.8 Å². The predicted octanol–water partition coefficient (Wildman–Crippen LogP) is 5.25. The van der Waals surface area contributed by atoms with Gasteiger partial charge < -0.3 is 19.5 Å². The largest absolute Gasteiger partial charge is 0.454 e. The number of carbonyl (C=O) groups excluding carboxylic acids is 3. The summed E-state index contributed by atoms with van der Waals surface area (Å²) in [5.74, 6) is -0.339. The predicted molar refractivity (Wildman–Crippen MR) is 158 cm³/mol. The van der Waals surface area contributed by atoms with Crippen molar-refractivity contribution in [1.29, 1.82) is 0 Å². The Balaban J connectivity index is 1.29. The second-order valence-electron chi connectivity index (χ2n) is 8.95. The SMILES string of the molecule is O=C(Oc1cccc(/C=N/NC(=O)/C(=C\c2ccc3c(c2)OCO3)NC(=O)c2ccccc2)c1)C1=CC=CCC=C1Cl. The van der Waals surface area contributed by atoms with Crippen LogP contribution in [0.15, 0.2) is 119 Å². The smallest absolute Gasteiger partial charge is 0.345 e. The lowest BCUT2D eigenvalue weighted by Gasteiger charge is -2.10. The molecule has 0 aromatic heterocycles. The van der Waals surface area contributed by atoms with Crippen LogP contribution in [0.4, 0.5) is 0 Å². The molecule has 0 saturated heterocycles. The Morgan fingerprint density at radius 2 is 1.76 bits per heavy atom. The molecule has 2 N–H and O–H groups in total. The lowest BCUT2D eigenvalue weighted by atomic mass is 10.1. The lowest BCUT2D eigenvalue weighted by Crippen LogP contribution is -2.32. The Kier molecular flexibility index (Phi) is 8.91. The number of hydrogen-bond donors (Lipinski definition) is 2. The molecule has 210 valence electrons. The zero-order valence-electron chi connectivity index (χ0n) is 22.1. The van der Waals surface area contributed by atoms with E-state index in [2.05, 4.69) is 15.8 Å². The Bertz CT molecular complexity index is 1670. The van der Waals surface area contributed by atoms with Gasteiger partial charge in [0.1, 0.15) is 11.4 Å². The molecule has 0 spiro atoms. The van der Waals surface area contributed by atoms with Crippen molar-refractivity contribution in [2.24, 2.45) is 5.10 Å². The summed E-state index contributed by atoms with van der Waals surface area (Å²) in [6.45, 7) is 0.107. The molecule has 0 bridgehead atoms. The summed E-state index contributed by atoms with van der Waals surface area (Å²) in [6, 6.07) is 20.2. The molecule has 0 saturated carbocycles. The van der Waals surface area contributed by atoms with Gasteiger partial charge in [-0.1, -0.05) is 66.2 Å². The average molecular weight is 582 g/mol. The van der Waals surface area contributed by atoms with E-state index in [0.29, 0.717) is 39.6 Å². The third-order valence-corrected chi connectivity index (χ3v) is 6.35. The highest BCUT2D eigenvalue weighted by atomic mass is 35.5. The van der Waals surface area contributed by atoms with Crippen LogP contribution in [0.1, 0.15) is 27.9 Å². The number of hydrazone groups is 1. The fourth-order valence-electron chi connectivity index (χ4n) is 3.93. The number of hydrogen-bond acceptors (Lipinski definition) is 7. The quantitative estimate of drug-likeness (QED) is 0.123. The third kappa shape index (κ3) is 7.21. The second kappa shape index (κ2) is 13.3. The van der Waals surface area contributed by atoms with Gasteiger partial charge in [0, 0.05) is 5.56 Å². The van der Waals surface area contributed by atoms with Crippen LogP contribution in [-0.4, -0.2) is 30.8 Å². The van der Waals surface area contributed by atoms with Crippen molar-refractivity contribution in [2.75, 3.05) is 6.79 Å². The first kappa shape index (κ1) is 28.1. The number of carbonyl (C=O) groups is 3. The summed E-state index contributed by atoms with van der Waals surface area (Å²) in [7, 11) is 0. The van der Waals surface area contributed by atoms with E-state index in [4.69, 9.17) is 25.8 Å². The first-order valence-corrected chi connectivity index (χ1v) is 13.2. The third-order valence-electron chi connectivity index (χ3n) is 5.99. The number of halogens is 1. The molecule has 2 amide bonds. The monoisotopic (exact) mass is 581 g/mol. The Labute approximate surface area is 246 Å². The maximum absolute atomic E-state index is 13.1. The van der Waals surface area contributed by atoms with Crippen molar-refractivity contribution in [2.45, 2.75) is 6.42 Å². The maximum Gasteiger partial charge on any atom is 0.345 e.